The van der Waals surface area contributed by atoms with Crippen molar-refractivity contribution in [3.8, 4) is 0 Å². The minimum Gasteiger partial charge on any atom is -0.478 e. The SMILES string of the molecule is Cc1c(C(=O)O)ccc2c1NC(C1CCCCC1)C1CCCOC21.Cl. The van der Waals surface area contributed by atoms with Crippen molar-refractivity contribution in [3.05, 3.63) is 28.8 Å². The number of fused-ring (bicyclic) bond motifs is 3. The highest BCUT2D eigenvalue weighted by Crippen LogP contribution is 2.48. The van der Waals surface area contributed by atoms with E-state index in [0.29, 0.717) is 23.4 Å². The molecule has 2 fully saturated rings. The van der Waals surface area contributed by atoms with Crippen molar-refractivity contribution in [2.75, 3.05) is 11.9 Å². The number of carboxylic acid groups (broad SMARTS) is 1. The molecule has 2 heterocycles. The maximum Gasteiger partial charge on any atom is 0.336 e. The van der Waals surface area contributed by atoms with Crippen LogP contribution < -0.4 is 5.32 Å². The molecule has 0 spiro atoms. The number of anilines is 1. The zero-order valence-corrected chi connectivity index (χ0v) is 15.6. The Balaban J connectivity index is 0.00000182. The Morgan fingerprint density at radius 3 is 2.64 bits per heavy atom. The van der Waals surface area contributed by atoms with Crippen LogP contribution in [0.2, 0.25) is 0 Å². The van der Waals surface area contributed by atoms with Crippen LogP contribution in [-0.4, -0.2) is 23.7 Å². The van der Waals surface area contributed by atoms with E-state index in [-0.39, 0.29) is 18.5 Å². The van der Waals surface area contributed by atoms with E-state index >= 15 is 0 Å². The van der Waals surface area contributed by atoms with E-state index in [1.165, 1.54) is 38.5 Å². The minimum atomic E-state index is -0.849. The fraction of sp³-hybridized carbons (Fsp3) is 0.650. The number of hydrogen-bond acceptors (Lipinski definition) is 3. The van der Waals surface area contributed by atoms with Gasteiger partial charge >= 0.3 is 5.97 Å². The van der Waals surface area contributed by atoms with Crippen LogP contribution in [-0.2, 0) is 4.74 Å². The predicted molar refractivity (Wildman–Crippen MR) is 101 cm³/mol. The van der Waals surface area contributed by atoms with Gasteiger partial charge in [-0.05, 0) is 50.2 Å². The third kappa shape index (κ3) is 3.26. The molecule has 4 rings (SSSR count). The molecule has 0 aromatic heterocycles. The second-order valence-electron chi connectivity index (χ2n) is 7.67. The molecule has 2 aliphatic heterocycles. The van der Waals surface area contributed by atoms with E-state index in [4.69, 9.17) is 4.74 Å². The lowest BCUT2D eigenvalue weighted by molar-refractivity contribution is -0.0458. The zero-order valence-electron chi connectivity index (χ0n) is 14.8. The minimum absolute atomic E-state index is 0. The van der Waals surface area contributed by atoms with Crippen molar-refractivity contribution in [2.45, 2.75) is 64.0 Å². The average Bonchev–Trinajstić information content (AvgIpc) is 2.62. The monoisotopic (exact) mass is 365 g/mol. The molecule has 1 saturated heterocycles. The lowest BCUT2D eigenvalue weighted by Crippen LogP contribution is -2.46. The van der Waals surface area contributed by atoms with Gasteiger partial charge < -0.3 is 15.2 Å². The first-order valence-corrected chi connectivity index (χ1v) is 9.41. The van der Waals surface area contributed by atoms with Crippen LogP contribution in [0.5, 0.6) is 0 Å². The molecule has 0 radical (unpaired) electrons. The third-order valence-corrected chi connectivity index (χ3v) is 6.33. The van der Waals surface area contributed by atoms with Gasteiger partial charge in [0.1, 0.15) is 0 Å². The molecule has 1 aromatic carbocycles. The summed E-state index contributed by atoms with van der Waals surface area (Å²) in [5, 5.41) is 13.2. The highest BCUT2D eigenvalue weighted by Gasteiger charge is 2.43. The predicted octanol–water partition coefficient (Wildman–Crippen LogP) is 4.96. The van der Waals surface area contributed by atoms with Crippen LogP contribution in [0, 0.1) is 18.8 Å². The van der Waals surface area contributed by atoms with Gasteiger partial charge in [0.2, 0.25) is 0 Å². The summed E-state index contributed by atoms with van der Waals surface area (Å²) in [6.45, 7) is 2.74. The molecule has 138 valence electrons. The van der Waals surface area contributed by atoms with E-state index in [2.05, 4.69) is 5.32 Å². The lowest BCUT2D eigenvalue weighted by Gasteiger charge is -2.47. The van der Waals surface area contributed by atoms with Gasteiger partial charge in [-0.2, -0.15) is 0 Å². The maximum absolute atomic E-state index is 11.5. The number of hydrogen-bond donors (Lipinski definition) is 2. The van der Waals surface area contributed by atoms with Gasteiger partial charge in [0, 0.05) is 29.8 Å². The largest absolute Gasteiger partial charge is 0.478 e. The Labute approximate surface area is 155 Å². The van der Waals surface area contributed by atoms with Crippen LogP contribution >= 0.6 is 12.4 Å². The Kier molecular flexibility index (Phi) is 5.59. The number of halogens is 1. The average molecular weight is 366 g/mol. The highest BCUT2D eigenvalue weighted by atomic mass is 35.5. The van der Waals surface area contributed by atoms with Crippen molar-refractivity contribution >= 4 is 24.1 Å². The standard InChI is InChI=1S/C20H27NO3.ClH/c1-12-14(20(22)23)9-10-16-17(12)21-18(13-6-3-2-4-7-13)15-8-5-11-24-19(15)16;/h9-10,13,15,18-19,21H,2-8,11H2,1H3,(H,22,23);1H. The van der Waals surface area contributed by atoms with Gasteiger partial charge in [0.25, 0.3) is 0 Å². The van der Waals surface area contributed by atoms with Crippen molar-refractivity contribution in [1.29, 1.82) is 0 Å². The second kappa shape index (κ2) is 7.55. The molecule has 3 aliphatic rings. The summed E-state index contributed by atoms with van der Waals surface area (Å²) in [5.41, 5.74) is 3.44. The summed E-state index contributed by atoms with van der Waals surface area (Å²) in [6, 6.07) is 4.14. The van der Waals surface area contributed by atoms with Gasteiger partial charge in [-0.3, -0.25) is 0 Å². The molecular weight excluding hydrogens is 338 g/mol. The summed E-state index contributed by atoms with van der Waals surface area (Å²) in [7, 11) is 0. The fourth-order valence-electron chi connectivity index (χ4n) is 5.12. The Morgan fingerprint density at radius 1 is 1.16 bits per heavy atom. The van der Waals surface area contributed by atoms with E-state index in [9.17, 15) is 9.90 Å². The van der Waals surface area contributed by atoms with Gasteiger partial charge in [-0.15, -0.1) is 12.4 Å². The van der Waals surface area contributed by atoms with E-state index in [1.54, 1.807) is 6.07 Å². The molecule has 0 amide bonds. The molecule has 1 saturated carbocycles. The van der Waals surface area contributed by atoms with Crippen molar-refractivity contribution in [2.24, 2.45) is 11.8 Å². The highest BCUT2D eigenvalue weighted by molar-refractivity contribution is 5.92. The lowest BCUT2D eigenvalue weighted by atomic mass is 9.71. The first-order chi connectivity index (χ1) is 11.7. The normalized spacial score (nSPS) is 28.9. The summed E-state index contributed by atoms with van der Waals surface area (Å²) in [4.78, 5) is 11.5. The molecule has 3 atom stereocenters. The summed E-state index contributed by atoms with van der Waals surface area (Å²) >= 11 is 0. The van der Waals surface area contributed by atoms with Crippen LogP contribution in [0.1, 0.15) is 72.5 Å². The number of carboxylic acids is 1. The van der Waals surface area contributed by atoms with Gasteiger partial charge in [0.15, 0.2) is 0 Å². The molecule has 3 unspecified atom stereocenters. The van der Waals surface area contributed by atoms with Crippen LogP contribution in [0.25, 0.3) is 0 Å². The third-order valence-electron chi connectivity index (χ3n) is 6.33. The fourth-order valence-corrected chi connectivity index (χ4v) is 5.12. The van der Waals surface area contributed by atoms with Crippen LogP contribution in [0.4, 0.5) is 5.69 Å². The summed E-state index contributed by atoms with van der Waals surface area (Å²) < 4.78 is 6.20. The molecule has 1 aliphatic carbocycles. The van der Waals surface area contributed by atoms with Crippen molar-refractivity contribution in [1.82, 2.24) is 0 Å². The number of rotatable bonds is 2. The first-order valence-electron chi connectivity index (χ1n) is 9.41. The molecular formula is C20H28ClNO3. The van der Waals surface area contributed by atoms with Crippen LogP contribution in [0.3, 0.4) is 0 Å². The van der Waals surface area contributed by atoms with Gasteiger partial charge in [-0.1, -0.05) is 25.3 Å². The molecule has 5 heteroatoms. The van der Waals surface area contributed by atoms with Gasteiger partial charge in [-0.25, -0.2) is 4.79 Å². The maximum atomic E-state index is 11.5. The van der Waals surface area contributed by atoms with Crippen LogP contribution in [0.15, 0.2) is 12.1 Å². The topological polar surface area (TPSA) is 58.6 Å². The number of aromatic carboxylic acids is 1. The smallest absolute Gasteiger partial charge is 0.336 e. The number of nitrogens with one attached hydrogen (secondary N) is 1. The van der Waals surface area contributed by atoms with Crippen molar-refractivity contribution in [3.63, 3.8) is 0 Å². The summed E-state index contributed by atoms with van der Waals surface area (Å²) in [5.74, 6) is 0.358. The Morgan fingerprint density at radius 2 is 1.92 bits per heavy atom. The van der Waals surface area contributed by atoms with Crippen molar-refractivity contribution < 1.29 is 14.6 Å². The quantitative estimate of drug-likeness (QED) is 0.777. The number of benzene rings is 1. The molecule has 0 bridgehead atoms. The first kappa shape index (κ1) is 18.5. The Bertz CT molecular complexity index is 642. The van der Waals surface area contributed by atoms with E-state index < -0.39 is 5.97 Å². The second-order valence-corrected chi connectivity index (χ2v) is 7.67. The molecule has 4 nitrogen and oxygen atoms in total. The van der Waals surface area contributed by atoms with Gasteiger partial charge in [0.05, 0.1) is 11.7 Å². The molecule has 25 heavy (non-hydrogen) atoms. The molecule has 1 aromatic rings. The summed E-state index contributed by atoms with van der Waals surface area (Å²) in [6.07, 6.45) is 9.04. The zero-order chi connectivity index (χ0) is 16.7. The van der Waals surface area contributed by atoms with E-state index in [1.807, 2.05) is 13.0 Å². The number of carbonyl (C=O) groups is 1. The number of ether oxygens (including phenoxy) is 1. The Hall–Kier alpha value is -1.26. The van der Waals surface area contributed by atoms with E-state index in [0.717, 1.165) is 29.8 Å². The molecule has 2 N–H and O–H groups in total.